The Labute approximate surface area is 102 Å². The van der Waals surface area contributed by atoms with Crippen molar-refractivity contribution in [2.45, 2.75) is 46.0 Å². The Kier molecular flexibility index (Phi) is 4.85. The van der Waals surface area contributed by atoms with E-state index in [1.807, 2.05) is 0 Å². The van der Waals surface area contributed by atoms with Crippen molar-refractivity contribution < 1.29 is 19.1 Å². The van der Waals surface area contributed by atoms with Crippen LogP contribution < -0.4 is 0 Å². The van der Waals surface area contributed by atoms with Gasteiger partial charge < -0.3 is 9.53 Å². The van der Waals surface area contributed by atoms with E-state index in [-0.39, 0.29) is 24.1 Å². The SMILES string of the molecule is CCOC(=O)C[C@H](C)[C@@]1(C=O)CCCCC1=O. The minimum Gasteiger partial charge on any atom is -0.466 e. The van der Waals surface area contributed by atoms with Gasteiger partial charge >= 0.3 is 5.97 Å². The van der Waals surface area contributed by atoms with Crippen molar-refractivity contribution in [3.8, 4) is 0 Å². The first-order valence-electron chi connectivity index (χ1n) is 6.22. The van der Waals surface area contributed by atoms with Crippen LogP contribution in [0.25, 0.3) is 0 Å². The summed E-state index contributed by atoms with van der Waals surface area (Å²) in [7, 11) is 0. The van der Waals surface area contributed by atoms with Gasteiger partial charge in [-0.05, 0) is 25.7 Å². The summed E-state index contributed by atoms with van der Waals surface area (Å²) in [4.78, 5) is 34.7. The lowest BCUT2D eigenvalue weighted by Gasteiger charge is -2.35. The van der Waals surface area contributed by atoms with E-state index >= 15 is 0 Å². The van der Waals surface area contributed by atoms with Gasteiger partial charge in [-0.2, -0.15) is 0 Å². The van der Waals surface area contributed by atoms with Crippen LogP contribution in [0.4, 0.5) is 0 Å². The summed E-state index contributed by atoms with van der Waals surface area (Å²) >= 11 is 0. The number of Topliss-reactive ketones (excluding diaryl/α,β-unsaturated/α-hetero) is 1. The number of esters is 1. The van der Waals surface area contributed by atoms with Gasteiger partial charge in [0.2, 0.25) is 0 Å². The standard InChI is InChI=1S/C13H20O4/c1-3-17-12(16)8-10(2)13(9-14)7-5-4-6-11(13)15/h9-10H,3-8H2,1-2H3/t10-,13-/m0/s1. The second kappa shape index (κ2) is 5.94. The van der Waals surface area contributed by atoms with Crippen LogP contribution in [0.3, 0.4) is 0 Å². The number of carbonyl (C=O) groups is 3. The van der Waals surface area contributed by atoms with Gasteiger partial charge in [0.05, 0.1) is 12.0 Å². The normalized spacial score (nSPS) is 26.4. The van der Waals surface area contributed by atoms with Crippen LogP contribution in [-0.2, 0) is 19.1 Å². The number of ketones is 1. The zero-order valence-electron chi connectivity index (χ0n) is 10.5. The molecule has 0 spiro atoms. The predicted octanol–water partition coefficient (Wildman–Crippen LogP) is 1.90. The average Bonchev–Trinajstić information content (AvgIpc) is 2.30. The number of carbonyl (C=O) groups excluding carboxylic acids is 3. The van der Waals surface area contributed by atoms with Crippen molar-refractivity contribution in [2.75, 3.05) is 6.61 Å². The third-order valence-electron chi connectivity index (χ3n) is 3.63. The fraction of sp³-hybridized carbons (Fsp3) is 0.769. The minimum atomic E-state index is -0.953. The molecule has 2 atom stereocenters. The Morgan fingerprint density at radius 1 is 1.53 bits per heavy atom. The van der Waals surface area contributed by atoms with Crippen molar-refractivity contribution in [1.82, 2.24) is 0 Å². The highest BCUT2D eigenvalue weighted by Crippen LogP contribution is 2.39. The van der Waals surface area contributed by atoms with Gasteiger partial charge in [0.25, 0.3) is 0 Å². The van der Waals surface area contributed by atoms with E-state index in [2.05, 4.69) is 0 Å². The fourth-order valence-corrected chi connectivity index (χ4v) is 2.49. The molecule has 0 N–H and O–H groups in total. The molecule has 0 aromatic heterocycles. The Hall–Kier alpha value is -1.19. The highest BCUT2D eigenvalue weighted by Gasteiger charge is 2.44. The zero-order chi connectivity index (χ0) is 12.9. The van der Waals surface area contributed by atoms with E-state index in [9.17, 15) is 14.4 Å². The maximum atomic E-state index is 11.9. The van der Waals surface area contributed by atoms with Crippen LogP contribution in [0, 0.1) is 11.3 Å². The lowest BCUT2D eigenvalue weighted by molar-refractivity contribution is -0.148. The Morgan fingerprint density at radius 3 is 2.76 bits per heavy atom. The van der Waals surface area contributed by atoms with E-state index < -0.39 is 5.41 Å². The molecule has 0 bridgehead atoms. The Bertz CT molecular complexity index is 311. The molecular formula is C13H20O4. The lowest BCUT2D eigenvalue weighted by Crippen LogP contribution is -2.42. The molecule has 0 aromatic carbocycles. The molecule has 1 rings (SSSR count). The van der Waals surface area contributed by atoms with Crippen LogP contribution in [0.15, 0.2) is 0 Å². The molecule has 1 fully saturated rings. The predicted molar refractivity (Wildman–Crippen MR) is 62.4 cm³/mol. The third-order valence-corrected chi connectivity index (χ3v) is 3.63. The van der Waals surface area contributed by atoms with Gasteiger partial charge in [-0.3, -0.25) is 9.59 Å². The van der Waals surface area contributed by atoms with Crippen LogP contribution in [0.2, 0.25) is 0 Å². The maximum Gasteiger partial charge on any atom is 0.306 e. The number of ether oxygens (including phenoxy) is 1. The van der Waals surface area contributed by atoms with Gasteiger partial charge in [-0.15, -0.1) is 0 Å². The van der Waals surface area contributed by atoms with E-state index in [0.29, 0.717) is 19.4 Å². The van der Waals surface area contributed by atoms with Crippen LogP contribution in [0.1, 0.15) is 46.0 Å². The van der Waals surface area contributed by atoms with Crippen molar-refractivity contribution in [1.29, 1.82) is 0 Å². The summed E-state index contributed by atoms with van der Waals surface area (Å²) in [6.45, 7) is 3.85. The molecule has 1 aliphatic carbocycles. The molecule has 4 nitrogen and oxygen atoms in total. The zero-order valence-corrected chi connectivity index (χ0v) is 10.5. The molecule has 1 aliphatic rings. The molecule has 0 aromatic rings. The summed E-state index contributed by atoms with van der Waals surface area (Å²) in [5.41, 5.74) is -0.953. The molecule has 17 heavy (non-hydrogen) atoms. The monoisotopic (exact) mass is 240 g/mol. The summed E-state index contributed by atoms with van der Waals surface area (Å²) in [6.07, 6.45) is 3.62. The average molecular weight is 240 g/mol. The first kappa shape index (κ1) is 13.9. The molecule has 0 unspecified atom stereocenters. The molecule has 0 saturated heterocycles. The number of hydrogen-bond acceptors (Lipinski definition) is 4. The second-order valence-electron chi connectivity index (χ2n) is 4.70. The summed E-state index contributed by atoms with van der Waals surface area (Å²) in [5.74, 6) is -0.623. The maximum absolute atomic E-state index is 11.9. The third kappa shape index (κ3) is 2.93. The van der Waals surface area contributed by atoms with E-state index in [4.69, 9.17) is 4.74 Å². The number of hydrogen-bond donors (Lipinski definition) is 0. The molecule has 1 saturated carbocycles. The molecule has 0 radical (unpaired) electrons. The fourth-order valence-electron chi connectivity index (χ4n) is 2.49. The molecule has 96 valence electrons. The Balaban J connectivity index is 2.74. The molecular weight excluding hydrogens is 220 g/mol. The molecule has 0 amide bonds. The van der Waals surface area contributed by atoms with Gasteiger partial charge in [0, 0.05) is 12.8 Å². The van der Waals surface area contributed by atoms with Crippen molar-refractivity contribution in [3.63, 3.8) is 0 Å². The summed E-state index contributed by atoms with van der Waals surface area (Å²) in [6, 6.07) is 0. The van der Waals surface area contributed by atoms with Crippen LogP contribution in [0.5, 0.6) is 0 Å². The first-order chi connectivity index (χ1) is 8.06. The topological polar surface area (TPSA) is 60.4 Å². The quantitative estimate of drug-likeness (QED) is 0.418. The number of aldehydes is 1. The van der Waals surface area contributed by atoms with Gasteiger partial charge in [-0.1, -0.05) is 13.3 Å². The largest absolute Gasteiger partial charge is 0.466 e. The van der Waals surface area contributed by atoms with Gasteiger partial charge in [0.1, 0.15) is 12.1 Å². The summed E-state index contributed by atoms with van der Waals surface area (Å²) in [5, 5.41) is 0. The van der Waals surface area contributed by atoms with E-state index in [1.54, 1.807) is 13.8 Å². The van der Waals surface area contributed by atoms with Crippen molar-refractivity contribution >= 4 is 18.0 Å². The van der Waals surface area contributed by atoms with Gasteiger partial charge in [0.15, 0.2) is 0 Å². The Morgan fingerprint density at radius 2 is 2.24 bits per heavy atom. The van der Waals surface area contributed by atoms with Crippen LogP contribution >= 0.6 is 0 Å². The molecule has 0 heterocycles. The number of rotatable bonds is 5. The highest BCUT2D eigenvalue weighted by atomic mass is 16.5. The highest BCUT2D eigenvalue weighted by molar-refractivity contribution is 5.99. The van der Waals surface area contributed by atoms with Crippen molar-refractivity contribution in [2.24, 2.45) is 11.3 Å². The smallest absolute Gasteiger partial charge is 0.306 e. The second-order valence-corrected chi connectivity index (χ2v) is 4.70. The summed E-state index contributed by atoms with van der Waals surface area (Å²) < 4.78 is 4.86. The van der Waals surface area contributed by atoms with Gasteiger partial charge in [-0.25, -0.2) is 0 Å². The molecule has 4 heteroatoms. The lowest BCUT2D eigenvalue weighted by atomic mass is 9.65. The molecule has 0 aliphatic heterocycles. The van der Waals surface area contributed by atoms with Crippen LogP contribution in [-0.4, -0.2) is 24.6 Å². The first-order valence-corrected chi connectivity index (χ1v) is 6.22. The minimum absolute atomic E-state index is 0.0180. The van der Waals surface area contributed by atoms with E-state index in [0.717, 1.165) is 19.1 Å². The van der Waals surface area contributed by atoms with Crippen molar-refractivity contribution in [3.05, 3.63) is 0 Å². The van der Waals surface area contributed by atoms with E-state index in [1.165, 1.54) is 0 Å².